The fourth-order valence-electron chi connectivity index (χ4n) is 7.29. The minimum absolute atomic E-state index is 0.0115. The Balaban J connectivity index is 3.44. The van der Waals surface area contributed by atoms with Gasteiger partial charge in [-0.15, -0.1) is 0 Å². The van der Waals surface area contributed by atoms with Crippen molar-refractivity contribution in [1.29, 1.82) is 0 Å². The number of unbranched alkanes of at least 4 members (excludes halogenated alkanes) is 32. The van der Waals surface area contributed by atoms with Gasteiger partial charge in [-0.3, -0.25) is 9.59 Å². The zero-order valence-corrected chi connectivity index (χ0v) is 35.1. The molecule has 3 N–H and O–H groups in total. The molecule has 0 aliphatic carbocycles. The third-order valence-electron chi connectivity index (χ3n) is 10.9. The lowest BCUT2D eigenvalue weighted by molar-refractivity contribution is -0.143. The standard InChI is InChI=1S/C46H91NO5/c1-3-5-7-9-11-13-15-16-17-20-24-28-32-36-40-46(51)52-41-37-33-29-25-21-18-19-23-27-31-35-39-45(50)47-43(42-48)44(49)38-34-30-26-22-14-12-10-8-6-4-2/h43-44,48-49H,3-42H2,1-2H3,(H,47,50). The summed E-state index contributed by atoms with van der Waals surface area (Å²) in [7, 11) is 0. The van der Waals surface area contributed by atoms with Gasteiger partial charge >= 0.3 is 5.97 Å². The molecule has 2 atom stereocenters. The van der Waals surface area contributed by atoms with E-state index in [4.69, 9.17) is 4.74 Å². The summed E-state index contributed by atoms with van der Waals surface area (Å²) in [5, 5.41) is 23.0. The molecule has 310 valence electrons. The van der Waals surface area contributed by atoms with Gasteiger partial charge in [0.2, 0.25) is 5.91 Å². The molecule has 0 saturated carbocycles. The SMILES string of the molecule is CCCCCCCCCCCCCCCCC(=O)OCCCCCCCCCCCCCC(=O)NC(CO)C(O)CCCCCCCCCCCC. The smallest absolute Gasteiger partial charge is 0.305 e. The minimum Gasteiger partial charge on any atom is -0.466 e. The van der Waals surface area contributed by atoms with Crippen LogP contribution < -0.4 is 5.32 Å². The minimum atomic E-state index is -0.672. The molecule has 0 rings (SSSR count). The summed E-state index contributed by atoms with van der Waals surface area (Å²) < 4.78 is 5.45. The number of carbonyl (C=O) groups excluding carboxylic acids is 2. The summed E-state index contributed by atoms with van der Waals surface area (Å²) in [5.41, 5.74) is 0. The van der Waals surface area contributed by atoms with Crippen molar-refractivity contribution < 1.29 is 24.5 Å². The molecule has 0 spiro atoms. The maximum Gasteiger partial charge on any atom is 0.305 e. The van der Waals surface area contributed by atoms with Gasteiger partial charge in [0.05, 0.1) is 25.4 Å². The Labute approximate surface area is 324 Å². The van der Waals surface area contributed by atoms with E-state index in [0.29, 0.717) is 25.9 Å². The third-order valence-corrected chi connectivity index (χ3v) is 10.9. The number of hydrogen-bond donors (Lipinski definition) is 3. The Morgan fingerprint density at radius 3 is 1.17 bits per heavy atom. The van der Waals surface area contributed by atoms with Gasteiger partial charge in [-0.25, -0.2) is 0 Å². The maximum atomic E-state index is 12.4. The second kappa shape index (κ2) is 42.6. The molecule has 0 aromatic heterocycles. The Bertz CT molecular complexity index is 732. The van der Waals surface area contributed by atoms with Crippen molar-refractivity contribution >= 4 is 11.9 Å². The van der Waals surface area contributed by atoms with Gasteiger partial charge < -0.3 is 20.3 Å². The van der Waals surface area contributed by atoms with Crippen LogP contribution in [0.3, 0.4) is 0 Å². The highest BCUT2D eigenvalue weighted by molar-refractivity contribution is 5.76. The molecule has 6 heteroatoms. The molecule has 0 bridgehead atoms. The first-order chi connectivity index (χ1) is 25.5. The molecule has 0 aromatic rings. The fraction of sp³-hybridized carbons (Fsp3) is 0.957. The lowest BCUT2D eigenvalue weighted by Gasteiger charge is -2.22. The number of rotatable bonds is 43. The summed E-state index contributed by atoms with van der Waals surface area (Å²) >= 11 is 0. The van der Waals surface area contributed by atoms with Crippen LogP contribution >= 0.6 is 0 Å². The molecule has 0 fully saturated rings. The van der Waals surface area contributed by atoms with E-state index in [1.165, 1.54) is 167 Å². The lowest BCUT2D eigenvalue weighted by Crippen LogP contribution is -2.45. The fourth-order valence-corrected chi connectivity index (χ4v) is 7.29. The summed E-state index contributed by atoms with van der Waals surface area (Å²) in [6.45, 7) is 4.90. The van der Waals surface area contributed by atoms with Crippen LogP contribution in [0.1, 0.15) is 258 Å². The van der Waals surface area contributed by atoms with Gasteiger partial charge in [0.1, 0.15) is 0 Å². The van der Waals surface area contributed by atoms with E-state index in [-0.39, 0.29) is 18.5 Å². The average Bonchev–Trinajstić information content (AvgIpc) is 3.14. The molecule has 0 aromatic carbocycles. The predicted molar refractivity (Wildman–Crippen MR) is 223 cm³/mol. The number of carbonyl (C=O) groups is 2. The summed E-state index contributed by atoms with van der Waals surface area (Å²) in [4.78, 5) is 24.4. The summed E-state index contributed by atoms with van der Waals surface area (Å²) in [6, 6.07) is -0.551. The highest BCUT2D eigenvalue weighted by atomic mass is 16.5. The first-order valence-electron chi connectivity index (χ1n) is 23.3. The van der Waals surface area contributed by atoms with Gasteiger partial charge in [0, 0.05) is 12.8 Å². The summed E-state index contributed by atoms with van der Waals surface area (Å²) in [5.74, 6) is -0.0662. The average molecular weight is 738 g/mol. The normalized spacial score (nSPS) is 12.6. The van der Waals surface area contributed by atoms with Crippen LogP contribution in [0.25, 0.3) is 0 Å². The highest BCUT2D eigenvalue weighted by Crippen LogP contribution is 2.16. The highest BCUT2D eigenvalue weighted by Gasteiger charge is 2.20. The second-order valence-electron chi connectivity index (χ2n) is 16.1. The molecule has 52 heavy (non-hydrogen) atoms. The first kappa shape index (κ1) is 50.9. The van der Waals surface area contributed by atoms with Gasteiger partial charge in [0.15, 0.2) is 0 Å². The Hall–Kier alpha value is -1.14. The van der Waals surface area contributed by atoms with E-state index in [1.807, 2.05) is 0 Å². The maximum absolute atomic E-state index is 12.4. The van der Waals surface area contributed by atoms with Gasteiger partial charge in [-0.2, -0.15) is 0 Å². The number of aliphatic hydroxyl groups excluding tert-OH is 2. The van der Waals surface area contributed by atoms with Crippen molar-refractivity contribution in [2.75, 3.05) is 13.2 Å². The van der Waals surface area contributed by atoms with Crippen molar-refractivity contribution in [1.82, 2.24) is 5.32 Å². The molecule has 0 aliphatic rings. The molecule has 2 unspecified atom stereocenters. The van der Waals surface area contributed by atoms with Gasteiger partial charge in [-0.05, 0) is 25.7 Å². The number of aliphatic hydroxyl groups is 2. The van der Waals surface area contributed by atoms with Crippen molar-refractivity contribution in [2.24, 2.45) is 0 Å². The van der Waals surface area contributed by atoms with Crippen molar-refractivity contribution in [3.8, 4) is 0 Å². The zero-order valence-electron chi connectivity index (χ0n) is 35.1. The zero-order chi connectivity index (χ0) is 38.0. The molecule has 0 radical (unpaired) electrons. The molecule has 6 nitrogen and oxygen atoms in total. The third kappa shape index (κ3) is 38.6. The lowest BCUT2D eigenvalue weighted by atomic mass is 10.0. The van der Waals surface area contributed by atoms with Gasteiger partial charge in [0.25, 0.3) is 0 Å². The van der Waals surface area contributed by atoms with E-state index in [0.717, 1.165) is 57.8 Å². The quantitative estimate of drug-likeness (QED) is 0.0428. The number of esters is 1. The van der Waals surface area contributed by atoms with E-state index in [2.05, 4.69) is 19.2 Å². The number of nitrogens with one attached hydrogen (secondary N) is 1. The largest absolute Gasteiger partial charge is 0.466 e. The number of amides is 1. The Morgan fingerprint density at radius 1 is 0.462 bits per heavy atom. The number of ether oxygens (including phenoxy) is 1. The van der Waals surface area contributed by atoms with Crippen LogP contribution in [-0.4, -0.2) is 47.4 Å². The first-order valence-corrected chi connectivity index (χ1v) is 23.3. The van der Waals surface area contributed by atoms with Gasteiger partial charge in [-0.1, -0.05) is 219 Å². The van der Waals surface area contributed by atoms with E-state index >= 15 is 0 Å². The van der Waals surface area contributed by atoms with E-state index in [9.17, 15) is 19.8 Å². The molecule has 0 aliphatic heterocycles. The van der Waals surface area contributed by atoms with Crippen molar-refractivity contribution in [3.05, 3.63) is 0 Å². The van der Waals surface area contributed by atoms with E-state index < -0.39 is 12.1 Å². The van der Waals surface area contributed by atoms with Crippen molar-refractivity contribution in [2.45, 2.75) is 270 Å². The monoisotopic (exact) mass is 738 g/mol. The topological polar surface area (TPSA) is 95.9 Å². The Kier molecular flexibility index (Phi) is 41.7. The van der Waals surface area contributed by atoms with Crippen LogP contribution in [0, 0.1) is 0 Å². The molecule has 0 heterocycles. The molecular formula is C46H91NO5. The molecular weight excluding hydrogens is 647 g/mol. The molecule has 0 saturated heterocycles. The Morgan fingerprint density at radius 2 is 0.788 bits per heavy atom. The molecule has 1 amide bonds. The van der Waals surface area contributed by atoms with Crippen LogP contribution in [0.4, 0.5) is 0 Å². The van der Waals surface area contributed by atoms with Crippen LogP contribution in [0.15, 0.2) is 0 Å². The van der Waals surface area contributed by atoms with Crippen molar-refractivity contribution in [3.63, 3.8) is 0 Å². The second-order valence-corrected chi connectivity index (χ2v) is 16.1. The number of hydrogen-bond acceptors (Lipinski definition) is 5. The predicted octanol–water partition coefficient (Wildman–Crippen LogP) is 13.2. The van der Waals surface area contributed by atoms with Crippen LogP contribution in [0.2, 0.25) is 0 Å². The van der Waals surface area contributed by atoms with Crippen LogP contribution in [0.5, 0.6) is 0 Å². The van der Waals surface area contributed by atoms with E-state index in [1.54, 1.807) is 0 Å². The van der Waals surface area contributed by atoms with Crippen LogP contribution in [-0.2, 0) is 14.3 Å². The summed E-state index contributed by atoms with van der Waals surface area (Å²) in [6.07, 6.45) is 44.9.